The molecule has 0 radical (unpaired) electrons. The van der Waals surface area contributed by atoms with Gasteiger partial charge < -0.3 is 9.64 Å². The summed E-state index contributed by atoms with van der Waals surface area (Å²) in [6.45, 7) is 8.07. The molecule has 0 aliphatic carbocycles. The molecule has 0 heterocycles. The second kappa shape index (κ2) is 8.05. The lowest BCUT2D eigenvalue weighted by molar-refractivity contribution is -0.139. The molecule has 82 valence electrons. The van der Waals surface area contributed by atoms with Gasteiger partial charge in [-0.15, -0.1) is 0 Å². The average molecular weight is 235 g/mol. The Morgan fingerprint density at radius 3 is 2.36 bits per heavy atom. The van der Waals surface area contributed by atoms with Gasteiger partial charge in [0.1, 0.15) is 4.32 Å². The average Bonchev–Trinajstić information content (AvgIpc) is 2.17. The van der Waals surface area contributed by atoms with Crippen LogP contribution in [0.4, 0.5) is 0 Å². The molecule has 14 heavy (non-hydrogen) atoms. The van der Waals surface area contributed by atoms with E-state index in [9.17, 15) is 4.79 Å². The van der Waals surface area contributed by atoms with Gasteiger partial charge in [0.25, 0.3) is 0 Å². The van der Waals surface area contributed by atoms with Crippen molar-refractivity contribution in [2.75, 3.05) is 25.4 Å². The highest BCUT2D eigenvalue weighted by Crippen LogP contribution is 2.09. The van der Waals surface area contributed by atoms with Gasteiger partial charge in [-0.3, -0.25) is 4.79 Å². The van der Waals surface area contributed by atoms with Crippen molar-refractivity contribution < 1.29 is 9.53 Å². The van der Waals surface area contributed by atoms with Gasteiger partial charge in [-0.2, -0.15) is 0 Å². The van der Waals surface area contributed by atoms with E-state index >= 15 is 0 Å². The number of hydrogen-bond acceptors (Lipinski definition) is 4. The number of thioether (sulfide) groups is 1. The number of ether oxygens (including phenoxy) is 1. The molecule has 0 aromatic rings. The predicted molar refractivity (Wildman–Crippen MR) is 64.6 cm³/mol. The Morgan fingerprint density at radius 2 is 1.93 bits per heavy atom. The zero-order chi connectivity index (χ0) is 11.0. The van der Waals surface area contributed by atoms with Gasteiger partial charge in [0, 0.05) is 13.1 Å². The van der Waals surface area contributed by atoms with E-state index in [1.165, 1.54) is 11.8 Å². The zero-order valence-electron chi connectivity index (χ0n) is 8.91. The summed E-state index contributed by atoms with van der Waals surface area (Å²) in [6, 6.07) is 0. The van der Waals surface area contributed by atoms with Crippen molar-refractivity contribution in [3.05, 3.63) is 0 Å². The fourth-order valence-electron chi connectivity index (χ4n) is 0.896. The molecule has 3 nitrogen and oxygen atoms in total. The van der Waals surface area contributed by atoms with E-state index in [4.69, 9.17) is 17.0 Å². The second-order valence-corrected chi connectivity index (χ2v) is 4.14. The quantitative estimate of drug-likeness (QED) is 0.536. The molecule has 0 unspecified atom stereocenters. The van der Waals surface area contributed by atoms with E-state index < -0.39 is 0 Å². The van der Waals surface area contributed by atoms with E-state index in [0.29, 0.717) is 12.4 Å². The smallest absolute Gasteiger partial charge is 0.316 e. The predicted octanol–water partition coefficient (Wildman–Crippen LogP) is 1.91. The minimum atomic E-state index is -0.202. The van der Waals surface area contributed by atoms with Gasteiger partial charge in [-0.05, 0) is 20.8 Å². The standard InChI is InChI=1S/C9H17NO2S2/c1-4-10(5-2)9(13)14-7-8(11)12-6-3/h4-7H2,1-3H3. The van der Waals surface area contributed by atoms with Crippen LogP contribution in [0.1, 0.15) is 20.8 Å². The molecule has 5 heteroatoms. The fraction of sp³-hybridized carbons (Fsp3) is 0.778. The van der Waals surface area contributed by atoms with Crippen LogP contribution in [-0.4, -0.2) is 40.6 Å². The van der Waals surface area contributed by atoms with Gasteiger partial charge in [0.05, 0.1) is 12.4 Å². The summed E-state index contributed by atoms with van der Waals surface area (Å²) in [5.41, 5.74) is 0. The van der Waals surface area contributed by atoms with Crippen LogP contribution in [0.3, 0.4) is 0 Å². The number of carbonyl (C=O) groups excluding carboxylic acids is 1. The highest BCUT2D eigenvalue weighted by molar-refractivity contribution is 8.23. The summed E-state index contributed by atoms with van der Waals surface area (Å²) < 4.78 is 5.57. The minimum Gasteiger partial charge on any atom is -0.465 e. The van der Waals surface area contributed by atoms with Crippen LogP contribution in [0.25, 0.3) is 0 Å². The van der Waals surface area contributed by atoms with Crippen LogP contribution in [-0.2, 0) is 9.53 Å². The SMILES string of the molecule is CCOC(=O)CSC(=S)N(CC)CC. The van der Waals surface area contributed by atoms with E-state index in [1.807, 2.05) is 18.7 Å². The maximum atomic E-state index is 11.0. The van der Waals surface area contributed by atoms with Crippen molar-refractivity contribution in [3.63, 3.8) is 0 Å². The van der Waals surface area contributed by atoms with E-state index in [1.54, 1.807) is 6.92 Å². The highest BCUT2D eigenvalue weighted by atomic mass is 32.2. The molecular formula is C9H17NO2S2. The molecular weight excluding hydrogens is 218 g/mol. The molecule has 0 spiro atoms. The van der Waals surface area contributed by atoms with Crippen LogP contribution >= 0.6 is 24.0 Å². The van der Waals surface area contributed by atoms with Gasteiger partial charge >= 0.3 is 5.97 Å². The summed E-state index contributed by atoms with van der Waals surface area (Å²) in [4.78, 5) is 13.1. The monoisotopic (exact) mass is 235 g/mol. The molecule has 0 rings (SSSR count). The number of rotatable bonds is 5. The van der Waals surface area contributed by atoms with Gasteiger partial charge in [0.2, 0.25) is 0 Å². The number of esters is 1. The Morgan fingerprint density at radius 1 is 1.36 bits per heavy atom. The molecule has 0 aromatic carbocycles. The Labute approximate surface area is 95.2 Å². The topological polar surface area (TPSA) is 29.5 Å². The molecule has 0 atom stereocenters. The second-order valence-electron chi connectivity index (χ2n) is 2.53. The molecule has 0 saturated heterocycles. The third kappa shape index (κ3) is 5.44. The zero-order valence-corrected chi connectivity index (χ0v) is 10.5. The maximum Gasteiger partial charge on any atom is 0.316 e. The molecule has 0 aliphatic rings. The third-order valence-corrected chi connectivity index (χ3v) is 3.14. The van der Waals surface area contributed by atoms with Crippen LogP contribution in [0.5, 0.6) is 0 Å². The lowest BCUT2D eigenvalue weighted by Crippen LogP contribution is -2.27. The lowest BCUT2D eigenvalue weighted by Gasteiger charge is -2.20. The van der Waals surface area contributed by atoms with E-state index in [2.05, 4.69) is 0 Å². The number of carbonyl (C=O) groups is 1. The van der Waals surface area contributed by atoms with Crippen LogP contribution in [0.15, 0.2) is 0 Å². The third-order valence-electron chi connectivity index (χ3n) is 1.64. The largest absolute Gasteiger partial charge is 0.465 e. The van der Waals surface area contributed by atoms with Crippen molar-refractivity contribution in [2.24, 2.45) is 0 Å². The Hall–Kier alpha value is -0.290. The summed E-state index contributed by atoms with van der Waals surface area (Å²) in [5, 5.41) is 0. The Kier molecular flexibility index (Phi) is 7.89. The first-order chi connectivity index (χ1) is 6.65. The van der Waals surface area contributed by atoms with Crippen LogP contribution in [0, 0.1) is 0 Å². The summed E-state index contributed by atoms with van der Waals surface area (Å²) in [6.07, 6.45) is 0. The van der Waals surface area contributed by atoms with E-state index in [-0.39, 0.29) is 5.97 Å². The van der Waals surface area contributed by atoms with Gasteiger partial charge in [0.15, 0.2) is 0 Å². The molecule has 0 bridgehead atoms. The number of nitrogens with zero attached hydrogens (tertiary/aromatic N) is 1. The van der Waals surface area contributed by atoms with E-state index in [0.717, 1.165) is 17.4 Å². The van der Waals surface area contributed by atoms with Crippen molar-refractivity contribution in [3.8, 4) is 0 Å². The highest BCUT2D eigenvalue weighted by Gasteiger charge is 2.09. The fourth-order valence-corrected chi connectivity index (χ4v) is 2.10. The maximum absolute atomic E-state index is 11.0. The van der Waals surface area contributed by atoms with Crippen molar-refractivity contribution in [1.29, 1.82) is 0 Å². The Bertz CT molecular complexity index is 193. The minimum absolute atomic E-state index is 0.202. The normalized spacial score (nSPS) is 9.64. The lowest BCUT2D eigenvalue weighted by atomic mass is 10.6. The molecule has 0 N–H and O–H groups in total. The van der Waals surface area contributed by atoms with Gasteiger partial charge in [-0.1, -0.05) is 24.0 Å². The van der Waals surface area contributed by atoms with Crippen molar-refractivity contribution in [2.45, 2.75) is 20.8 Å². The van der Waals surface area contributed by atoms with Crippen molar-refractivity contribution in [1.82, 2.24) is 4.90 Å². The van der Waals surface area contributed by atoms with Crippen molar-refractivity contribution >= 4 is 34.3 Å². The Balaban J connectivity index is 3.77. The molecule has 0 aromatic heterocycles. The molecule has 0 saturated carbocycles. The first-order valence-electron chi connectivity index (χ1n) is 4.72. The molecule has 0 amide bonds. The summed E-state index contributed by atoms with van der Waals surface area (Å²) >= 11 is 6.52. The van der Waals surface area contributed by atoms with Crippen LogP contribution < -0.4 is 0 Å². The molecule has 0 fully saturated rings. The first kappa shape index (κ1) is 13.7. The number of hydrogen-bond donors (Lipinski definition) is 0. The van der Waals surface area contributed by atoms with Crippen LogP contribution in [0.2, 0.25) is 0 Å². The van der Waals surface area contributed by atoms with Gasteiger partial charge in [-0.25, -0.2) is 0 Å². The first-order valence-corrected chi connectivity index (χ1v) is 6.12. The summed E-state index contributed by atoms with van der Waals surface area (Å²) in [5.74, 6) is 0.107. The number of thiocarbonyl (C=S) groups is 1. The molecule has 0 aliphatic heterocycles. The summed E-state index contributed by atoms with van der Waals surface area (Å²) in [7, 11) is 0.